The highest BCUT2D eigenvalue weighted by atomic mass is 35.5. The Labute approximate surface area is 223 Å². The number of carbonyl (C=O) groups is 1. The molecule has 37 heavy (non-hydrogen) atoms. The number of nitriles is 2. The van der Waals surface area contributed by atoms with Gasteiger partial charge in [-0.15, -0.1) is 11.3 Å². The van der Waals surface area contributed by atoms with E-state index in [-0.39, 0.29) is 23.0 Å². The highest BCUT2D eigenvalue weighted by molar-refractivity contribution is 7.16. The molecule has 9 heteroatoms. The SMILES string of the molecule is CCOc1cc(/C=C(\C#N)C(=O)Nc2sc3c(c2C#N)CCCC3)cc(Cl)c1OCc1ccccc1F. The standard InChI is InChI=1S/C28H23ClFN3O3S/c1-2-35-24-13-17(12-22(29)26(24)36-16-18-7-3-5-9-23(18)30)11-19(14-31)27(34)33-28-21(15-32)20-8-4-6-10-25(20)37-28/h3,5,7,9,11-13H,2,4,6,8,10,16H2,1H3,(H,33,34)/b19-11+. The van der Waals surface area contributed by atoms with E-state index in [0.29, 0.717) is 34.0 Å². The first-order valence-corrected chi connectivity index (χ1v) is 12.9. The van der Waals surface area contributed by atoms with Crippen molar-refractivity contribution in [2.45, 2.75) is 39.2 Å². The molecule has 1 aliphatic rings. The molecule has 1 N–H and O–H groups in total. The smallest absolute Gasteiger partial charge is 0.266 e. The number of aryl methyl sites for hydroxylation is 1. The highest BCUT2D eigenvalue weighted by Gasteiger charge is 2.23. The maximum Gasteiger partial charge on any atom is 0.266 e. The number of rotatable bonds is 8. The van der Waals surface area contributed by atoms with Gasteiger partial charge < -0.3 is 14.8 Å². The van der Waals surface area contributed by atoms with Crippen molar-refractivity contribution in [2.24, 2.45) is 0 Å². The van der Waals surface area contributed by atoms with Crippen molar-refractivity contribution in [1.29, 1.82) is 10.5 Å². The zero-order chi connectivity index (χ0) is 26.4. The lowest BCUT2D eigenvalue weighted by Gasteiger charge is -2.15. The molecule has 0 aliphatic heterocycles. The van der Waals surface area contributed by atoms with Crippen molar-refractivity contribution in [3.8, 4) is 23.6 Å². The van der Waals surface area contributed by atoms with E-state index in [4.69, 9.17) is 21.1 Å². The molecule has 0 bridgehead atoms. The third kappa shape index (κ3) is 5.94. The van der Waals surface area contributed by atoms with E-state index < -0.39 is 11.7 Å². The molecule has 0 fully saturated rings. The molecule has 0 saturated carbocycles. The molecule has 1 amide bonds. The fraction of sp³-hybridized carbons (Fsp3) is 0.250. The number of nitrogens with zero attached hydrogens (tertiary/aromatic N) is 2. The Morgan fingerprint density at radius 1 is 1.22 bits per heavy atom. The van der Waals surface area contributed by atoms with Crippen LogP contribution in [-0.4, -0.2) is 12.5 Å². The highest BCUT2D eigenvalue weighted by Crippen LogP contribution is 2.39. The molecule has 6 nitrogen and oxygen atoms in total. The molecule has 1 aliphatic carbocycles. The normalized spacial score (nSPS) is 12.7. The number of benzene rings is 2. The monoisotopic (exact) mass is 535 g/mol. The van der Waals surface area contributed by atoms with Gasteiger partial charge in [0.15, 0.2) is 11.5 Å². The zero-order valence-corrected chi connectivity index (χ0v) is 21.6. The average Bonchev–Trinajstić information content (AvgIpc) is 3.24. The summed E-state index contributed by atoms with van der Waals surface area (Å²) in [6, 6.07) is 13.5. The predicted octanol–water partition coefficient (Wildman–Crippen LogP) is 6.81. The third-order valence-corrected chi connectivity index (χ3v) is 7.34. The summed E-state index contributed by atoms with van der Waals surface area (Å²) < 4.78 is 25.4. The Bertz CT molecular complexity index is 1450. The molecular weight excluding hydrogens is 513 g/mol. The Balaban J connectivity index is 1.58. The molecule has 0 radical (unpaired) electrons. The molecule has 3 aromatic rings. The van der Waals surface area contributed by atoms with E-state index in [1.807, 2.05) is 6.07 Å². The van der Waals surface area contributed by atoms with Crippen molar-refractivity contribution in [1.82, 2.24) is 0 Å². The van der Waals surface area contributed by atoms with Gasteiger partial charge in [-0.1, -0.05) is 29.8 Å². The van der Waals surface area contributed by atoms with Crippen LogP contribution >= 0.6 is 22.9 Å². The molecule has 2 aromatic carbocycles. The van der Waals surface area contributed by atoms with Crippen LogP contribution in [0, 0.1) is 28.5 Å². The maximum atomic E-state index is 14.0. The molecule has 4 rings (SSSR count). The number of hydrogen-bond donors (Lipinski definition) is 1. The summed E-state index contributed by atoms with van der Waals surface area (Å²) in [5, 5.41) is 22.7. The summed E-state index contributed by atoms with van der Waals surface area (Å²) in [5.41, 5.74) is 2.12. The Morgan fingerprint density at radius 2 is 2.00 bits per heavy atom. The van der Waals surface area contributed by atoms with Crippen LogP contribution in [0.4, 0.5) is 9.39 Å². The number of thiophene rings is 1. The van der Waals surface area contributed by atoms with Gasteiger partial charge in [0.2, 0.25) is 0 Å². The average molecular weight is 536 g/mol. The molecule has 188 valence electrons. The van der Waals surface area contributed by atoms with Gasteiger partial charge in [-0.3, -0.25) is 4.79 Å². The summed E-state index contributed by atoms with van der Waals surface area (Å²) in [7, 11) is 0. The summed E-state index contributed by atoms with van der Waals surface area (Å²) in [5.74, 6) is -0.485. The number of halogens is 2. The van der Waals surface area contributed by atoms with Gasteiger partial charge in [0.05, 0.1) is 17.2 Å². The van der Waals surface area contributed by atoms with E-state index in [1.54, 1.807) is 31.2 Å². The van der Waals surface area contributed by atoms with Gasteiger partial charge in [0.1, 0.15) is 35.1 Å². The van der Waals surface area contributed by atoms with Crippen molar-refractivity contribution in [2.75, 3.05) is 11.9 Å². The van der Waals surface area contributed by atoms with Gasteiger partial charge in [-0.25, -0.2) is 4.39 Å². The summed E-state index contributed by atoms with van der Waals surface area (Å²) >= 11 is 7.86. The molecular formula is C28H23ClFN3O3S. The molecule has 0 unspecified atom stereocenters. The number of anilines is 1. The largest absolute Gasteiger partial charge is 0.490 e. The quantitative estimate of drug-likeness (QED) is 0.252. The molecule has 0 spiro atoms. The van der Waals surface area contributed by atoms with E-state index in [2.05, 4.69) is 11.4 Å². The second kappa shape index (κ2) is 11.9. The van der Waals surface area contributed by atoms with Crippen LogP contribution in [0.25, 0.3) is 6.08 Å². The Morgan fingerprint density at radius 3 is 2.73 bits per heavy atom. The van der Waals surface area contributed by atoms with Crippen LogP contribution in [0.5, 0.6) is 11.5 Å². The van der Waals surface area contributed by atoms with Crippen LogP contribution in [-0.2, 0) is 24.2 Å². The van der Waals surface area contributed by atoms with Gasteiger partial charge >= 0.3 is 0 Å². The van der Waals surface area contributed by atoms with Crippen LogP contribution < -0.4 is 14.8 Å². The summed E-state index contributed by atoms with van der Waals surface area (Å²) in [6.07, 6.45) is 5.16. The lowest BCUT2D eigenvalue weighted by molar-refractivity contribution is -0.112. The Hall–Kier alpha value is -3.85. The van der Waals surface area contributed by atoms with Crippen LogP contribution in [0.2, 0.25) is 5.02 Å². The van der Waals surface area contributed by atoms with E-state index in [9.17, 15) is 19.7 Å². The number of hydrogen-bond acceptors (Lipinski definition) is 6. The van der Waals surface area contributed by atoms with Gasteiger partial charge in [0, 0.05) is 10.4 Å². The number of carbonyl (C=O) groups excluding carboxylic acids is 1. The molecule has 0 atom stereocenters. The van der Waals surface area contributed by atoms with Gasteiger partial charge in [-0.2, -0.15) is 10.5 Å². The topological polar surface area (TPSA) is 95.1 Å². The number of amides is 1. The van der Waals surface area contributed by atoms with Crippen molar-refractivity contribution < 1.29 is 18.7 Å². The summed E-state index contributed by atoms with van der Waals surface area (Å²) in [6.45, 7) is 2.04. The van der Waals surface area contributed by atoms with Crippen LogP contribution in [0.15, 0.2) is 42.0 Å². The maximum absolute atomic E-state index is 14.0. The second-order valence-electron chi connectivity index (χ2n) is 8.29. The fourth-order valence-electron chi connectivity index (χ4n) is 4.10. The number of ether oxygens (including phenoxy) is 2. The third-order valence-electron chi connectivity index (χ3n) is 5.85. The first-order chi connectivity index (χ1) is 17.9. The molecule has 1 heterocycles. The number of nitrogens with one attached hydrogen (secondary N) is 1. The first kappa shape index (κ1) is 26.2. The Kier molecular flexibility index (Phi) is 8.45. The predicted molar refractivity (Wildman–Crippen MR) is 141 cm³/mol. The fourth-order valence-corrected chi connectivity index (χ4v) is 5.61. The van der Waals surface area contributed by atoms with Gasteiger partial charge in [-0.05, 0) is 68.0 Å². The van der Waals surface area contributed by atoms with Gasteiger partial charge in [0.25, 0.3) is 5.91 Å². The van der Waals surface area contributed by atoms with Crippen molar-refractivity contribution >= 4 is 39.9 Å². The number of fused-ring (bicyclic) bond motifs is 1. The molecule has 0 saturated heterocycles. The minimum Gasteiger partial charge on any atom is -0.490 e. The lowest BCUT2D eigenvalue weighted by atomic mass is 9.96. The van der Waals surface area contributed by atoms with E-state index >= 15 is 0 Å². The van der Waals surface area contributed by atoms with E-state index in [1.165, 1.54) is 29.5 Å². The van der Waals surface area contributed by atoms with Crippen LogP contribution in [0.1, 0.15) is 46.9 Å². The minimum absolute atomic E-state index is 0.0560. The first-order valence-electron chi connectivity index (χ1n) is 11.8. The van der Waals surface area contributed by atoms with E-state index in [0.717, 1.165) is 36.1 Å². The summed E-state index contributed by atoms with van der Waals surface area (Å²) in [4.78, 5) is 14.1. The van der Waals surface area contributed by atoms with Crippen molar-refractivity contribution in [3.63, 3.8) is 0 Å². The second-order valence-corrected chi connectivity index (χ2v) is 9.81. The zero-order valence-electron chi connectivity index (χ0n) is 20.1. The van der Waals surface area contributed by atoms with Crippen molar-refractivity contribution in [3.05, 3.63) is 79.9 Å². The minimum atomic E-state index is -0.619. The van der Waals surface area contributed by atoms with Crippen LogP contribution in [0.3, 0.4) is 0 Å². The lowest BCUT2D eigenvalue weighted by Crippen LogP contribution is -2.13. The molecule has 1 aromatic heterocycles.